The fraction of sp³-hybridized carbons (Fsp3) is 0.481. The molecule has 0 aromatic heterocycles. The largest absolute Gasteiger partial charge is 0.377 e. The zero-order chi connectivity index (χ0) is 24.1. The summed E-state index contributed by atoms with van der Waals surface area (Å²) in [7, 11) is 0. The van der Waals surface area contributed by atoms with Gasteiger partial charge in [-0.2, -0.15) is 0 Å². The second-order valence-corrected chi connectivity index (χ2v) is 10.2. The van der Waals surface area contributed by atoms with Crippen LogP contribution in [0.3, 0.4) is 0 Å². The second-order valence-electron chi connectivity index (χ2n) is 9.35. The van der Waals surface area contributed by atoms with Crippen LogP contribution in [0.5, 0.6) is 0 Å². The maximum atomic E-state index is 13.5. The predicted octanol–water partition coefficient (Wildman–Crippen LogP) is 6.82. The first-order valence-corrected chi connectivity index (χ1v) is 13.0. The third-order valence-corrected chi connectivity index (χ3v) is 7.50. The normalized spacial score (nSPS) is 20.0. The molecule has 2 fully saturated rings. The van der Waals surface area contributed by atoms with Gasteiger partial charge in [0.1, 0.15) is 0 Å². The number of carbonyl (C=O) groups is 2. The number of likely N-dealkylation sites (tertiary alicyclic amines) is 1. The van der Waals surface area contributed by atoms with Crippen molar-refractivity contribution in [1.29, 1.82) is 0 Å². The minimum Gasteiger partial charge on any atom is -0.377 e. The molecule has 2 aromatic carbocycles. The van der Waals surface area contributed by atoms with Crippen molar-refractivity contribution in [3.63, 3.8) is 0 Å². The number of hydrogen-bond donors (Lipinski definition) is 1. The lowest BCUT2D eigenvalue weighted by Gasteiger charge is -2.41. The Labute approximate surface area is 211 Å². The maximum absolute atomic E-state index is 13.5. The number of anilines is 1. The first-order chi connectivity index (χ1) is 16.5. The number of rotatable bonds is 7. The molecule has 182 valence electrons. The van der Waals surface area contributed by atoms with E-state index in [-0.39, 0.29) is 16.8 Å². The van der Waals surface area contributed by atoms with Crippen molar-refractivity contribution in [1.82, 2.24) is 4.90 Å². The summed E-state index contributed by atoms with van der Waals surface area (Å²) in [5, 5.41) is 3.64. The van der Waals surface area contributed by atoms with Gasteiger partial charge in [0.2, 0.25) is 0 Å². The molecule has 34 heavy (non-hydrogen) atoms. The fourth-order valence-electron chi connectivity index (χ4n) is 5.15. The van der Waals surface area contributed by atoms with Crippen LogP contribution in [0.4, 0.5) is 5.69 Å². The summed E-state index contributed by atoms with van der Waals surface area (Å²) in [6.45, 7) is 4.63. The minimum atomic E-state index is -0.333. The molecule has 2 amide bonds. The van der Waals surface area contributed by atoms with Gasteiger partial charge < -0.3 is 15.0 Å². The van der Waals surface area contributed by atoms with E-state index in [1.54, 1.807) is 30.3 Å². The lowest BCUT2D eigenvalue weighted by Crippen LogP contribution is -2.45. The lowest BCUT2D eigenvalue weighted by atomic mass is 9.75. The Kier molecular flexibility index (Phi) is 8.51. The van der Waals surface area contributed by atoms with E-state index in [1.807, 2.05) is 17.9 Å². The van der Waals surface area contributed by atoms with E-state index in [4.69, 9.17) is 27.9 Å². The van der Waals surface area contributed by atoms with Gasteiger partial charge in [0.25, 0.3) is 11.8 Å². The van der Waals surface area contributed by atoms with Crippen LogP contribution < -0.4 is 5.32 Å². The zero-order valence-corrected chi connectivity index (χ0v) is 21.1. The summed E-state index contributed by atoms with van der Waals surface area (Å²) in [6.07, 6.45) is 7.10. The number of fused-ring (bicyclic) bond motifs is 1. The molecule has 0 bridgehead atoms. The highest BCUT2D eigenvalue weighted by Crippen LogP contribution is 2.36. The van der Waals surface area contributed by atoms with Crippen molar-refractivity contribution in [3.05, 3.63) is 63.1 Å². The number of ether oxygens (including phenoxy) is 1. The number of halogens is 2. The molecule has 1 aliphatic carbocycles. The molecule has 2 atom stereocenters. The average Bonchev–Trinajstić information content (AvgIpc) is 2.83. The van der Waals surface area contributed by atoms with Crippen molar-refractivity contribution in [2.24, 2.45) is 11.8 Å². The zero-order valence-electron chi connectivity index (χ0n) is 19.6. The molecular weight excluding hydrogens is 471 g/mol. The van der Waals surface area contributed by atoms with E-state index in [0.29, 0.717) is 41.0 Å². The number of amides is 2. The van der Waals surface area contributed by atoms with Gasteiger partial charge in [0.15, 0.2) is 0 Å². The molecule has 0 radical (unpaired) electrons. The summed E-state index contributed by atoms with van der Waals surface area (Å²) in [6, 6.07) is 10.2. The molecule has 2 aromatic rings. The van der Waals surface area contributed by atoms with Gasteiger partial charge in [-0.3, -0.25) is 9.59 Å². The average molecular weight is 503 g/mol. The molecule has 0 spiro atoms. The van der Waals surface area contributed by atoms with Crippen molar-refractivity contribution < 1.29 is 14.3 Å². The number of hydrogen-bond acceptors (Lipinski definition) is 3. The Morgan fingerprint density at radius 3 is 2.56 bits per heavy atom. The number of carbonyl (C=O) groups excluding carboxylic acids is 2. The van der Waals surface area contributed by atoms with Gasteiger partial charge in [0, 0.05) is 36.0 Å². The predicted molar refractivity (Wildman–Crippen MR) is 137 cm³/mol. The van der Waals surface area contributed by atoms with Crippen molar-refractivity contribution in [2.45, 2.75) is 52.1 Å². The third-order valence-electron chi connectivity index (χ3n) is 6.95. The van der Waals surface area contributed by atoms with Gasteiger partial charge in [-0.15, -0.1) is 0 Å². The number of nitrogens with zero attached hydrogens (tertiary/aromatic N) is 1. The third kappa shape index (κ3) is 5.94. The maximum Gasteiger partial charge on any atom is 0.257 e. The minimum absolute atomic E-state index is 0.0535. The fourth-order valence-corrected chi connectivity index (χ4v) is 5.65. The monoisotopic (exact) mass is 502 g/mol. The smallest absolute Gasteiger partial charge is 0.257 e. The lowest BCUT2D eigenvalue weighted by molar-refractivity contribution is 0.0515. The van der Waals surface area contributed by atoms with Crippen LogP contribution in [0.1, 0.15) is 71.7 Å². The molecule has 1 N–H and O–H groups in total. The highest BCUT2D eigenvalue weighted by Gasteiger charge is 2.33. The molecule has 7 heteroatoms. The van der Waals surface area contributed by atoms with Gasteiger partial charge in [-0.25, -0.2) is 0 Å². The van der Waals surface area contributed by atoms with E-state index >= 15 is 0 Å². The molecule has 0 unspecified atom stereocenters. The molecular formula is C27H32Cl2N2O3. The Morgan fingerprint density at radius 1 is 1.03 bits per heavy atom. The van der Waals surface area contributed by atoms with Gasteiger partial charge in [0.05, 0.1) is 17.2 Å². The topological polar surface area (TPSA) is 58.6 Å². The molecule has 1 heterocycles. The van der Waals surface area contributed by atoms with Crippen molar-refractivity contribution >= 4 is 40.7 Å². The van der Waals surface area contributed by atoms with E-state index in [9.17, 15) is 9.59 Å². The van der Waals surface area contributed by atoms with Crippen molar-refractivity contribution in [2.75, 3.05) is 25.0 Å². The molecule has 1 saturated carbocycles. The van der Waals surface area contributed by atoms with Gasteiger partial charge in [-0.05, 0) is 73.1 Å². The summed E-state index contributed by atoms with van der Waals surface area (Å²) >= 11 is 12.1. The molecule has 5 nitrogen and oxygen atoms in total. The second kappa shape index (κ2) is 11.6. The SMILES string of the molecule is CCCOCc1cc(NC(=O)c2ccc(Cl)cc2Cl)ccc1C(=O)N1CC[C@@H]2CCCC[C@H]2C1. The van der Waals surface area contributed by atoms with Crippen molar-refractivity contribution in [3.8, 4) is 0 Å². The number of benzene rings is 2. The van der Waals surface area contributed by atoms with Gasteiger partial charge >= 0.3 is 0 Å². The van der Waals surface area contributed by atoms with Crippen LogP contribution in [0.25, 0.3) is 0 Å². The Hall–Kier alpha value is -2.08. The van der Waals surface area contributed by atoms with Crippen LogP contribution >= 0.6 is 23.2 Å². The van der Waals surface area contributed by atoms with Crippen LogP contribution in [0.2, 0.25) is 10.0 Å². The molecule has 1 aliphatic heterocycles. The highest BCUT2D eigenvalue weighted by atomic mass is 35.5. The summed E-state index contributed by atoms with van der Waals surface area (Å²) in [5.74, 6) is 1.11. The molecule has 1 saturated heterocycles. The molecule has 4 rings (SSSR count). The summed E-state index contributed by atoms with van der Waals surface area (Å²) in [5.41, 5.74) is 2.36. The summed E-state index contributed by atoms with van der Waals surface area (Å²) < 4.78 is 5.79. The Morgan fingerprint density at radius 2 is 1.79 bits per heavy atom. The van der Waals surface area contributed by atoms with E-state index in [0.717, 1.165) is 37.4 Å². The molecule has 2 aliphatic rings. The Bertz CT molecular complexity index is 1040. The van der Waals surface area contributed by atoms with Crippen LogP contribution in [-0.4, -0.2) is 36.4 Å². The standard InChI is InChI=1S/C27H32Cl2N2O3/c1-2-13-34-17-20-14-22(30-26(32)24-9-7-21(28)15-25(24)29)8-10-23(20)27(33)31-12-11-18-5-3-4-6-19(18)16-31/h7-10,14-15,18-19H,2-6,11-13,16-17H2,1H3,(H,30,32)/t18-,19-/m0/s1. The first-order valence-electron chi connectivity index (χ1n) is 12.2. The number of piperidine rings is 1. The van der Waals surface area contributed by atoms with E-state index in [2.05, 4.69) is 5.32 Å². The Balaban J connectivity index is 1.52. The highest BCUT2D eigenvalue weighted by molar-refractivity contribution is 6.37. The van der Waals surface area contributed by atoms with E-state index < -0.39 is 0 Å². The van der Waals surface area contributed by atoms with E-state index in [1.165, 1.54) is 25.7 Å². The van der Waals surface area contributed by atoms with Crippen LogP contribution in [-0.2, 0) is 11.3 Å². The van der Waals surface area contributed by atoms with Crippen LogP contribution in [0.15, 0.2) is 36.4 Å². The van der Waals surface area contributed by atoms with Gasteiger partial charge in [-0.1, -0.05) is 49.4 Å². The summed E-state index contributed by atoms with van der Waals surface area (Å²) in [4.78, 5) is 28.3. The quantitative estimate of drug-likeness (QED) is 0.422. The van der Waals surface area contributed by atoms with Crippen LogP contribution in [0, 0.1) is 11.8 Å². The number of nitrogens with one attached hydrogen (secondary N) is 1. The first kappa shape index (κ1) is 25.0.